The van der Waals surface area contributed by atoms with E-state index in [-0.39, 0.29) is 17.1 Å². The Morgan fingerprint density at radius 2 is 1.97 bits per heavy atom. The molecule has 6 nitrogen and oxygen atoms in total. The highest BCUT2D eigenvalue weighted by Crippen LogP contribution is 2.33. The average molecular weight is 432 g/mol. The summed E-state index contributed by atoms with van der Waals surface area (Å²) in [5, 5.41) is 3.87. The van der Waals surface area contributed by atoms with Crippen LogP contribution in [0.5, 0.6) is 0 Å². The van der Waals surface area contributed by atoms with E-state index < -0.39 is 15.8 Å². The molecule has 150 valence electrons. The van der Waals surface area contributed by atoms with E-state index in [4.69, 9.17) is 0 Å². The minimum Gasteiger partial charge on any atom is -0.293 e. The summed E-state index contributed by atoms with van der Waals surface area (Å²) in [4.78, 5) is 13.1. The predicted molar refractivity (Wildman–Crippen MR) is 108 cm³/mol. The average Bonchev–Trinajstić information content (AvgIpc) is 3.14. The van der Waals surface area contributed by atoms with Gasteiger partial charge in [-0.2, -0.15) is 0 Å². The molecule has 0 atom stereocenters. The third-order valence-electron chi connectivity index (χ3n) is 4.90. The van der Waals surface area contributed by atoms with Gasteiger partial charge < -0.3 is 0 Å². The first-order chi connectivity index (χ1) is 13.9. The highest BCUT2D eigenvalue weighted by atomic mass is 32.2. The zero-order valence-corrected chi connectivity index (χ0v) is 17.3. The summed E-state index contributed by atoms with van der Waals surface area (Å²) in [5.74, 6) is -0.585. The number of carbonyl (C=O) groups excluding carboxylic acids is 1. The molecule has 0 unspecified atom stereocenters. The number of ketones is 1. The maximum atomic E-state index is 13.2. The molecule has 4 rings (SSSR count). The SMILES string of the molecule is Cc1nnsc1C(=O)Cc1ccc2c(c1)N(S(=O)(=O)c1ccc(F)cc1)CCC2. The second-order valence-electron chi connectivity index (χ2n) is 6.89. The van der Waals surface area contributed by atoms with Gasteiger partial charge in [0.05, 0.1) is 16.3 Å². The molecule has 9 heteroatoms. The molecular weight excluding hydrogens is 413 g/mol. The Bertz CT molecular complexity index is 1170. The van der Waals surface area contributed by atoms with E-state index in [0.717, 1.165) is 41.2 Å². The van der Waals surface area contributed by atoms with Crippen LogP contribution in [0.25, 0.3) is 0 Å². The van der Waals surface area contributed by atoms with E-state index in [0.29, 0.717) is 29.2 Å². The molecule has 0 bridgehead atoms. The van der Waals surface area contributed by atoms with Crippen LogP contribution < -0.4 is 4.31 Å². The van der Waals surface area contributed by atoms with Gasteiger partial charge in [0.2, 0.25) is 0 Å². The summed E-state index contributed by atoms with van der Waals surface area (Å²) in [6, 6.07) is 10.3. The Morgan fingerprint density at radius 3 is 2.66 bits per heavy atom. The summed E-state index contributed by atoms with van der Waals surface area (Å²) in [5.41, 5.74) is 2.81. The van der Waals surface area contributed by atoms with Gasteiger partial charge in [-0.3, -0.25) is 9.10 Å². The van der Waals surface area contributed by atoms with Gasteiger partial charge in [-0.25, -0.2) is 12.8 Å². The van der Waals surface area contributed by atoms with E-state index in [1.165, 1.54) is 16.4 Å². The largest absolute Gasteiger partial charge is 0.293 e. The normalized spacial score (nSPS) is 13.9. The van der Waals surface area contributed by atoms with Crippen molar-refractivity contribution in [3.8, 4) is 0 Å². The lowest BCUT2D eigenvalue weighted by molar-refractivity contribution is 0.0996. The van der Waals surface area contributed by atoms with Crippen molar-refractivity contribution in [2.45, 2.75) is 31.1 Å². The van der Waals surface area contributed by atoms with E-state index in [1.807, 2.05) is 12.1 Å². The molecule has 2 aromatic carbocycles. The van der Waals surface area contributed by atoms with E-state index >= 15 is 0 Å². The van der Waals surface area contributed by atoms with E-state index in [9.17, 15) is 17.6 Å². The van der Waals surface area contributed by atoms with Gasteiger partial charge in [-0.1, -0.05) is 16.6 Å². The molecule has 0 saturated heterocycles. The van der Waals surface area contributed by atoms with Crippen molar-refractivity contribution < 1.29 is 17.6 Å². The van der Waals surface area contributed by atoms with Crippen LogP contribution in [0, 0.1) is 12.7 Å². The van der Waals surface area contributed by atoms with Crippen molar-refractivity contribution in [1.82, 2.24) is 9.59 Å². The fraction of sp³-hybridized carbons (Fsp3) is 0.250. The van der Waals surface area contributed by atoms with Crippen LogP contribution in [-0.2, 0) is 22.9 Å². The maximum Gasteiger partial charge on any atom is 0.264 e. The molecule has 1 aliphatic rings. The highest BCUT2D eigenvalue weighted by Gasteiger charge is 2.29. The lowest BCUT2D eigenvalue weighted by Crippen LogP contribution is -2.35. The maximum absolute atomic E-state index is 13.2. The van der Waals surface area contributed by atoms with Crippen LogP contribution in [0.2, 0.25) is 0 Å². The summed E-state index contributed by atoms with van der Waals surface area (Å²) in [6.07, 6.45) is 1.59. The molecule has 0 fully saturated rings. The number of hydrogen-bond acceptors (Lipinski definition) is 6. The van der Waals surface area contributed by atoms with Crippen LogP contribution in [0.15, 0.2) is 47.4 Å². The number of benzene rings is 2. The number of anilines is 1. The molecule has 0 N–H and O–H groups in total. The van der Waals surface area contributed by atoms with Crippen LogP contribution in [0.3, 0.4) is 0 Å². The zero-order valence-electron chi connectivity index (χ0n) is 15.6. The lowest BCUT2D eigenvalue weighted by Gasteiger charge is -2.31. The summed E-state index contributed by atoms with van der Waals surface area (Å²) in [7, 11) is -3.82. The first-order valence-corrected chi connectivity index (χ1v) is 11.3. The number of halogens is 1. The van der Waals surface area contributed by atoms with Gasteiger partial charge in [0, 0.05) is 13.0 Å². The van der Waals surface area contributed by atoms with Crippen molar-refractivity contribution in [2.75, 3.05) is 10.8 Å². The number of nitrogens with zero attached hydrogens (tertiary/aromatic N) is 3. The molecule has 0 saturated carbocycles. The van der Waals surface area contributed by atoms with Crippen molar-refractivity contribution in [3.63, 3.8) is 0 Å². The predicted octanol–water partition coefficient (Wildman–Crippen LogP) is 3.55. The van der Waals surface area contributed by atoms with Crippen molar-refractivity contribution >= 4 is 33.0 Å². The van der Waals surface area contributed by atoms with E-state index in [2.05, 4.69) is 9.59 Å². The first kappa shape index (κ1) is 19.7. The fourth-order valence-corrected chi connectivity index (χ4v) is 5.56. The van der Waals surface area contributed by atoms with E-state index in [1.54, 1.807) is 13.0 Å². The summed E-state index contributed by atoms with van der Waals surface area (Å²) < 4.78 is 44.7. The number of hydrogen-bond donors (Lipinski definition) is 0. The number of aryl methyl sites for hydroxylation is 2. The topological polar surface area (TPSA) is 80.2 Å². The van der Waals surface area contributed by atoms with Gasteiger partial charge in [-0.15, -0.1) is 5.10 Å². The molecule has 0 spiro atoms. The summed E-state index contributed by atoms with van der Waals surface area (Å²) >= 11 is 1.06. The van der Waals surface area contributed by atoms with Crippen molar-refractivity contribution in [3.05, 3.63) is 70.0 Å². The molecular formula is C20H18FN3O3S2. The zero-order chi connectivity index (χ0) is 20.6. The van der Waals surface area contributed by atoms with Gasteiger partial charge in [-0.05, 0) is 72.8 Å². The minimum atomic E-state index is -3.82. The van der Waals surface area contributed by atoms with Crippen molar-refractivity contribution in [2.24, 2.45) is 0 Å². The standard InChI is InChI=1S/C20H18FN3O3S2/c1-13-20(28-23-22-13)19(25)12-14-4-5-15-3-2-10-24(18(15)11-14)29(26,27)17-8-6-16(21)7-9-17/h4-9,11H,2-3,10,12H2,1H3. The van der Waals surface area contributed by atoms with Crippen LogP contribution in [-0.4, -0.2) is 30.3 Å². The Hall–Kier alpha value is -2.65. The quantitative estimate of drug-likeness (QED) is 0.577. The molecule has 0 radical (unpaired) electrons. The van der Waals surface area contributed by atoms with Crippen LogP contribution >= 0.6 is 11.5 Å². The van der Waals surface area contributed by atoms with Gasteiger partial charge in [0.15, 0.2) is 5.78 Å². The molecule has 1 aromatic heterocycles. The molecule has 1 aliphatic heterocycles. The van der Waals surface area contributed by atoms with Gasteiger partial charge in [0.1, 0.15) is 10.7 Å². The third kappa shape index (κ3) is 3.79. The number of carbonyl (C=O) groups is 1. The van der Waals surface area contributed by atoms with Gasteiger partial charge >= 0.3 is 0 Å². The minimum absolute atomic E-state index is 0.0413. The highest BCUT2D eigenvalue weighted by molar-refractivity contribution is 7.92. The monoisotopic (exact) mass is 431 g/mol. The smallest absolute Gasteiger partial charge is 0.264 e. The fourth-order valence-electron chi connectivity index (χ4n) is 3.43. The Labute approximate surface area is 172 Å². The number of rotatable bonds is 5. The Morgan fingerprint density at radius 1 is 1.21 bits per heavy atom. The molecule has 0 aliphatic carbocycles. The third-order valence-corrected chi connectivity index (χ3v) is 7.59. The molecule has 0 amide bonds. The number of Topliss-reactive ketones (excluding diaryl/α,β-unsaturated/α-hetero) is 1. The second kappa shape index (κ2) is 7.64. The number of sulfonamides is 1. The first-order valence-electron chi connectivity index (χ1n) is 9.08. The lowest BCUT2D eigenvalue weighted by atomic mass is 9.99. The molecule has 2 heterocycles. The molecule has 3 aromatic rings. The molecule has 29 heavy (non-hydrogen) atoms. The van der Waals surface area contributed by atoms with Gasteiger partial charge in [0.25, 0.3) is 10.0 Å². The van der Waals surface area contributed by atoms with Crippen LogP contribution in [0.4, 0.5) is 10.1 Å². The number of fused-ring (bicyclic) bond motifs is 1. The Balaban J connectivity index is 1.68. The summed E-state index contributed by atoms with van der Waals surface area (Å²) in [6.45, 7) is 2.07. The Kier molecular flexibility index (Phi) is 5.18. The van der Waals surface area contributed by atoms with Crippen LogP contribution in [0.1, 0.15) is 32.9 Å². The van der Waals surface area contributed by atoms with Crippen molar-refractivity contribution in [1.29, 1.82) is 0 Å². The number of aromatic nitrogens is 2. The second-order valence-corrected chi connectivity index (χ2v) is 9.50.